The molecule has 0 aliphatic carbocycles. The molecule has 0 fully saturated rings. The third kappa shape index (κ3) is 27.2. The zero-order chi connectivity index (χ0) is 38.8. The maximum absolute atomic E-state index is 12.2. The number of aliphatic hydroxyl groups excluding tert-OH is 1. The number of nitrogens with zero attached hydrogens (tertiary/aromatic N) is 1. The molecule has 0 aromatic heterocycles. The summed E-state index contributed by atoms with van der Waals surface area (Å²) in [5.41, 5.74) is 0.612. The van der Waals surface area contributed by atoms with Crippen LogP contribution in [0, 0.1) is 13.7 Å². The van der Waals surface area contributed by atoms with Crippen LogP contribution in [0.3, 0.4) is 0 Å². The molecule has 306 valence electrons. The Balaban J connectivity index is 2.05. The van der Waals surface area contributed by atoms with E-state index in [1.807, 2.05) is 22.6 Å². The fraction of sp³-hybridized carbons (Fsp3) is 0.800. The van der Waals surface area contributed by atoms with Crippen molar-refractivity contribution in [3.05, 3.63) is 31.4 Å². The van der Waals surface area contributed by atoms with E-state index in [-0.39, 0.29) is 50.7 Å². The first-order valence-electron chi connectivity index (χ1n) is 20.0. The van der Waals surface area contributed by atoms with E-state index in [0.717, 1.165) is 77.0 Å². The Morgan fingerprint density at radius 2 is 1.30 bits per heavy atom. The lowest BCUT2D eigenvalue weighted by atomic mass is 10.1. The number of nitro groups is 1. The first kappa shape index (κ1) is 48.9. The Morgan fingerprint density at radius 1 is 0.755 bits per heavy atom. The van der Waals surface area contributed by atoms with Crippen molar-refractivity contribution in [3.8, 4) is 5.75 Å². The highest BCUT2D eigenvalue weighted by Gasteiger charge is 2.18. The number of carbonyl (C=O) groups is 2. The number of hydrogen-bond acceptors (Lipinski definition) is 11. The predicted molar refractivity (Wildman–Crippen MR) is 214 cm³/mol. The number of hydrogen-bond donors (Lipinski definition) is 1. The van der Waals surface area contributed by atoms with Crippen LogP contribution in [0.1, 0.15) is 154 Å². The maximum atomic E-state index is 12.2. The fourth-order valence-electron chi connectivity index (χ4n) is 5.76. The van der Waals surface area contributed by atoms with Crippen molar-refractivity contribution in [2.75, 3.05) is 46.9 Å². The Morgan fingerprint density at radius 3 is 1.85 bits per heavy atom. The van der Waals surface area contributed by atoms with E-state index < -0.39 is 11.0 Å². The molecule has 0 aliphatic rings. The number of halogens is 1. The third-order valence-corrected chi connectivity index (χ3v) is 9.68. The number of aliphatic hydroxyl groups is 1. The third-order valence-electron chi connectivity index (χ3n) is 8.88. The fourth-order valence-corrected chi connectivity index (χ4v) is 6.59. The van der Waals surface area contributed by atoms with E-state index in [4.69, 9.17) is 28.4 Å². The van der Waals surface area contributed by atoms with Crippen molar-refractivity contribution in [2.45, 2.75) is 161 Å². The maximum Gasteiger partial charge on any atom is 0.306 e. The molecule has 1 aromatic carbocycles. The van der Waals surface area contributed by atoms with Gasteiger partial charge in [0, 0.05) is 44.3 Å². The van der Waals surface area contributed by atoms with Gasteiger partial charge >= 0.3 is 11.9 Å². The van der Waals surface area contributed by atoms with Crippen LogP contribution in [0.15, 0.2) is 12.1 Å². The highest BCUT2D eigenvalue weighted by molar-refractivity contribution is 14.1. The Kier molecular flexibility index (Phi) is 31.8. The summed E-state index contributed by atoms with van der Waals surface area (Å²) in [7, 11) is 1.59. The van der Waals surface area contributed by atoms with Gasteiger partial charge in [0.1, 0.15) is 12.4 Å². The monoisotopic (exact) mass is 865 g/mol. The lowest BCUT2D eigenvalue weighted by Gasteiger charge is -2.15. The predicted octanol–water partition coefficient (Wildman–Crippen LogP) is 9.76. The summed E-state index contributed by atoms with van der Waals surface area (Å²) in [6, 6.07) is 2.96. The molecule has 12 nitrogen and oxygen atoms in total. The highest BCUT2D eigenvalue weighted by Crippen LogP contribution is 2.31. The summed E-state index contributed by atoms with van der Waals surface area (Å²) in [6.07, 6.45) is 22.3. The van der Waals surface area contributed by atoms with E-state index in [9.17, 15) is 24.8 Å². The van der Waals surface area contributed by atoms with Crippen molar-refractivity contribution >= 4 is 40.2 Å². The van der Waals surface area contributed by atoms with E-state index in [0.29, 0.717) is 41.1 Å². The standard InChI is InChI=1S/C40H68INO11/c1-3-4-5-6-7-8-9-11-14-17-20-23-38(44)51-32-36(30-43)53-39(45)24-21-18-15-12-10-13-16-19-22-25-49-31-34-28-35(42(46)47)29-37(41)40(34)52-33-50-27-26-48-2/h28-29,36,43H,3-27,30-33H2,1-2H3/t36-/m1/s1. The molecule has 0 amide bonds. The van der Waals surface area contributed by atoms with Crippen LogP contribution < -0.4 is 4.74 Å². The topological polar surface area (TPSA) is 153 Å². The number of benzene rings is 1. The number of methoxy groups -OCH3 is 1. The van der Waals surface area contributed by atoms with E-state index in [1.165, 1.54) is 63.5 Å². The highest BCUT2D eigenvalue weighted by atomic mass is 127. The van der Waals surface area contributed by atoms with Crippen LogP contribution in [0.25, 0.3) is 0 Å². The second-order valence-electron chi connectivity index (χ2n) is 13.6. The van der Waals surface area contributed by atoms with Gasteiger partial charge in [0.05, 0.1) is 34.9 Å². The van der Waals surface area contributed by atoms with Gasteiger partial charge in [-0.05, 0) is 41.9 Å². The number of carbonyl (C=O) groups excluding carboxylic acids is 2. The van der Waals surface area contributed by atoms with E-state index >= 15 is 0 Å². The molecular formula is C40H68INO11. The zero-order valence-corrected chi connectivity index (χ0v) is 34.8. The van der Waals surface area contributed by atoms with Crippen molar-refractivity contribution in [3.63, 3.8) is 0 Å². The van der Waals surface area contributed by atoms with Crippen LogP contribution in [-0.2, 0) is 39.9 Å². The molecule has 0 aliphatic heterocycles. The van der Waals surface area contributed by atoms with E-state index in [1.54, 1.807) is 7.11 Å². The molecule has 13 heteroatoms. The molecule has 0 heterocycles. The Bertz CT molecular complexity index is 1090. The van der Waals surface area contributed by atoms with Gasteiger partial charge in [0.25, 0.3) is 5.69 Å². The SMILES string of the molecule is CCCCCCCCCCCCCC(=O)OC[C@@H](CO)OC(=O)CCCCCCCCCCCOCc1cc([N+](=O)[O-])cc(I)c1OCOCCOC. The quantitative estimate of drug-likeness (QED) is 0.0170. The van der Waals surface area contributed by atoms with Gasteiger partial charge < -0.3 is 33.5 Å². The molecule has 53 heavy (non-hydrogen) atoms. The molecule has 0 saturated heterocycles. The summed E-state index contributed by atoms with van der Waals surface area (Å²) in [5.74, 6) is -0.149. The van der Waals surface area contributed by atoms with Gasteiger partial charge in [0.15, 0.2) is 12.9 Å². The largest absolute Gasteiger partial charge is 0.466 e. The molecule has 0 saturated carbocycles. The van der Waals surface area contributed by atoms with Crippen LogP contribution >= 0.6 is 22.6 Å². The van der Waals surface area contributed by atoms with Crippen molar-refractivity contribution in [1.29, 1.82) is 0 Å². The second kappa shape index (κ2) is 34.4. The van der Waals surface area contributed by atoms with Gasteiger partial charge in [0.2, 0.25) is 0 Å². The summed E-state index contributed by atoms with van der Waals surface area (Å²) in [6.45, 7) is 3.37. The molecule has 1 rings (SSSR count). The van der Waals surface area contributed by atoms with Crippen LogP contribution in [-0.4, -0.2) is 75.0 Å². The van der Waals surface area contributed by atoms with Gasteiger partial charge in [-0.15, -0.1) is 0 Å². The normalized spacial score (nSPS) is 11.8. The van der Waals surface area contributed by atoms with Crippen molar-refractivity contribution in [2.24, 2.45) is 0 Å². The molecule has 0 bridgehead atoms. The number of ether oxygens (including phenoxy) is 6. The Labute approximate surface area is 332 Å². The minimum atomic E-state index is -0.819. The van der Waals surface area contributed by atoms with Crippen molar-refractivity contribution < 1.29 is 48.0 Å². The van der Waals surface area contributed by atoms with Gasteiger partial charge in [-0.25, -0.2) is 0 Å². The first-order chi connectivity index (χ1) is 25.8. The minimum Gasteiger partial charge on any atom is -0.466 e. The molecule has 0 unspecified atom stereocenters. The summed E-state index contributed by atoms with van der Waals surface area (Å²) in [5, 5.41) is 20.9. The molecule has 0 radical (unpaired) electrons. The average Bonchev–Trinajstić information content (AvgIpc) is 3.14. The number of esters is 2. The number of rotatable bonds is 37. The summed E-state index contributed by atoms with van der Waals surface area (Å²) in [4.78, 5) is 35.2. The zero-order valence-electron chi connectivity index (χ0n) is 32.6. The van der Waals surface area contributed by atoms with Crippen LogP contribution in [0.2, 0.25) is 0 Å². The first-order valence-corrected chi connectivity index (χ1v) is 21.1. The number of nitro benzene ring substituents is 1. The summed E-state index contributed by atoms with van der Waals surface area (Å²) < 4.78 is 33.1. The summed E-state index contributed by atoms with van der Waals surface area (Å²) >= 11 is 2.02. The van der Waals surface area contributed by atoms with E-state index in [2.05, 4.69) is 6.92 Å². The molecule has 1 aromatic rings. The van der Waals surface area contributed by atoms with Gasteiger partial charge in [-0.1, -0.05) is 116 Å². The smallest absolute Gasteiger partial charge is 0.306 e. The Hall–Kier alpha value is -2.07. The number of unbranched alkanes of at least 4 members (excludes halogenated alkanes) is 18. The molecule has 0 spiro atoms. The average molecular weight is 866 g/mol. The van der Waals surface area contributed by atoms with Crippen LogP contribution in [0.4, 0.5) is 5.69 Å². The van der Waals surface area contributed by atoms with Crippen molar-refractivity contribution in [1.82, 2.24) is 0 Å². The molecular weight excluding hydrogens is 797 g/mol. The number of non-ortho nitro benzene ring substituents is 1. The lowest BCUT2D eigenvalue weighted by Crippen LogP contribution is -2.28. The minimum absolute atomic E-state index is 0.00432. The lowest BCUT2D eigenvalue weighted by molar-refractivity contribution is -0.385. The van der Waals surface area contributed by atoms with Gasteiger partial charge in [-0.2, -0.15) is 0 Å². The second-order valence-corrected chi connectivity index (χ2v) is 14.7. The molecule has 1 N–H and O–H groups in total. The van der Waals surface area contributed by atoms with Gasteiger partial charge in [-0.3, -0.25) is 19.7 Å². The molecule has 1 atom stereocenters. The van der Waals surface area contributed by atoms with Crippen LogP contribution in [0.5, 0.6) is 5.75 Å².